The average molecular weight is 527 g/mol. The van der Waals surface area contributed by atoms with Crippen LogP contribution in [0.3, 0.4) is 0 Å². The quantitative estimate of drug-likeness (QED) is 0.282. The van der Waals surface area contributed by atoms with Crippen LogP contribution in [0.2, 0.25) is 0 Å². The molecular formula is C30H30N4O5. The van der Waals surface area contributed by atoms with E-state index < -0.39 is 18.2 Å². The second-order valence-electron chi connectivity index (χ2n) is 9.22. The molecule has 3 aromatic carbocycles. The molecule has 39 heavy (non-hydrogen) atoms. The number of cyclic esters (lactones) is 1. The molecule has 200 valence electrons. The van der Waals surface area contributed by atoms with Crippen molar-refractivity contribution in [2.24, 2.45) is 0 Å². The number of hydrogen-bond acceptors (Lipinski definition) is 6. The largest absolute Gasteiger partial charge is 0.489 e. The molecule has 1 saturated heterocycles. The van der Waals surface area contributed by atoms with Crippen LogP contribution in [0.15, 0.2) is 97.6 Å². The van der Waals surface area contributed by atoms with Crippen molar-refractivity contribution in [3.63, 3.8) is 0 Å². The van der Waals surface area contributed by atoms with Crippen molar-refractivity contribution < 1.29 is 24.2 Å². The number of rotatable bonds is 11. The summed E-state index contributed by atoms with van der Waals surface area (Å²) in [6.07, 6.45) is 4.84. The highest BCUT2D eigenvalue weighted by Gasteiger charge is 2.43. The Labute approximate surface area is 226 Å². The van der Waals surface area contributed by atoms with Gasteiger partial charge in [-0.1, -0.05) is 42.5 Å². The molecule has 0 saturated carbocycles. The van der Waals surface area contributed by atoms with Gasteiger partial charge in [-0.05, 0) is 53.9 Å². The van der Waals surface area contributed by atoms with Gasteiger partial charge in [0.05, 0.1) is 12.9 Å². The summed E-state index contributed by atoms with van der Waals surface area (Å²) >= 11 is 0. The van der Waals surface area contributed by atoms with Crippen molar-refractivity contribution in [3.8, 4) is 5.75 Å². The molecule has 0 spiro atoms. The summed E-state index contributed by atoms with van der Waals surface area (Å²) in [6.45, 7) is 1.42. The lowest BCUT2D eigenvalue weighted by Gasteiger charge is -2.25. The monoisotopic (exact) mass is 526 g/mol. The Kier molecular flexibility index (Phi) is 8.18. The number of hydrogen-bond donors (Lipinski definition) is 2. The molecule has 9 nitrogen and oxygen atoms in total. The molecular weight excluding hydrogens is 496 g/mol. The van der Waals surface area contributed by atoms with Crippen molar-refractivity contribution in [1.82, 2.24) is 14.9 Å². The lowest BCUT2D eigenvalue weighted by atomic mass is 10.00. The van der Waals surface area contributed by atoms with Crippen LogP contribution in [-0.4, -0.2) is 45.9 Å². The molecule has 1 fully saturated rings. The molecule has 2 amide bonds. The van der Waals surface area contributed by atoms with Crippen molar-refractivity contribution >= 4 is 17.7 Å². The van der Waals surface area contributed by atoms with Gasteiger partial charge in [0.25, 0.3) is 5.91 Å². The highest BCUT2D eigenvalue weighted by molar-refractivity contribution is 5.96. The standard InChI is InChI=1S/C30H30N4O5/c35-19-27-28(23-9-13-26(14-10-23)38-20-22-5-2-1-3-6-22)34(30(37)39-27)25-11-7-24(8-12-25)29(36)32-15-4-17-33-18-16-31-21-33/h1-3,5-14,16,18,21,27-28,35H,4,15,17,19-20H2,(H,32,36)/t27-,28-/m1/s1. The highest BCUT2D eigenvalue weighted by atomic mass is 16.6. The molecule has 1 aliphatic heterocycles. The number of nitrogens with zero attached hydrogens (tertiary/aromatic N) is 3. The summed E-state index contributed by atoms with van der Waals surface area (Å²) in [5.74, 6) is 0.507. The van der Waals surface area contributed by atoms with Gasteiger partial charge in [-0.3, -0.25) is 9.69 Å². The highest BCUT2D eigenvalue weighted by Crippen LogP contribution is 2.38. The van der Waals surface area contributed by atoms with Crippen LogP contribution in [0, 0.1) is 0 Å². The minimum atomic E-state index is -0.730. The molecule has 9 heteroatoms. The molecule has 0 bridgehead atoms. The van der Waals surface area contributed by atoms with Crippen LogP contribution in [0.4, 0.5) is 10.5 Å². The topological polar surface area (TPSA) is 106 Å². The lowest BCUT2D eigenvalue weighted by Crippen LogP contribution is -2.30. The third kappa shape index (κ3) is 6.27. The normalized spacial score (nSPS) is 16.6. The fraction of sp³-hybridized carbons (Fsp3) is 0.233. The summed E-state index contributed by atoms with van der Waals surface area (Å²) in [7, 11) is 0. The zero-order valence-corrected chi connectivity index (χ0v) is 21.3. The van der Waals surface area contributed by atoms with Gasteiger partial charge in [0, 0.05) is 36.7 Å². The number of amides is 2. The van der Waals surface area contributed by atoms with Gasteiger partial charge in [0.15, 0.2) is 6.10 Å². The van der Waals surface area contributed by atoms with Crippen molar-refractivity contribution in [3.05, 3.63) is 114 Å². The number of aromatic nitrogens is 2. The maximum Gasteiger partial charge on any atom is 0.415 e. The Hall–Kier alpha value is -4.63. The minimum Gasteiger partial charge on any atom is -0.489 e. The number of anilines is 1. The zero-order chi connectivity index (χ0) is 27.0. The Balaban J connectivity index is 1.23. The third-order valence-corrected chi connectivity index (χ3v) is 6.57. The summed E-state index contributed by atoms with van der Waals surface area (Å²) < 4.78 is 13.3. The number of carbonyl (C=O) groups is 2. The lowest BCUT2D eigenvalue weighted by molar-refractivity contribution is 0.0829. The van der Waals surface area contributed by atoms with Crippen LogP contribution >= 0.6 is 0 Å². The first-order chi connectivity index (χ1) is 19.1. The summed E-state index contributed by atoms with van der Waals surface area (Å²) in [4.78, 5) is 30.9. The van der Waals surface area contributed by atoms with E-state index in [1.54, 1.807) is 36.8 Å². The van der Waals surface area contributed by atoms with Crippen LogP contribution < -0.4 is 15.0 Å². The van der Waals surface area contributed by atoms with E-state index in [0.717, 1.165) is 24.1 Å². The van der Waals surface area contributed by atoms with Gasteiger partial charge in [0.2, 0.25) is 0 Å². The number of imidazole rings is 1. The molecule has 1 aromatic heterocycles. The Morgan fingerprint density at radius 1 is 1.03 bits per heavy atom. The molecule has 4 aromatic rings. The van der Waals surface area contributed by atoms with E-state index in [1.807, 2.05) is 65.4 Å². The van der Waals surface area contributed by atoms with E-state index in [9.17, 15) is 14.7 Å². The van der Waals surface area contributed by atoms with E-state index in [0.29, 0.717) is 30.2 Å². The minimum absolute atomic E-state index is 0.188. The Morgan fingerprint density at radius 2 is 1.79 bits per heavy atom. The smallest absolute Gasteiger partial charge is 0.415 e. The van der Waals surface area contributed by atoms with Crippen LogP contribution in [0.5, 0.6) is 5.75 Å². The predicted octanol–water partition coefficient (Wildman–Crippen LogP) is 4.34. The first-order valence-corrected chi connectivity index (χ1v) is 12.8. The second kappa shape index (κ2) is 12.3. The maximum absolute atomic E-state index is 12.8. The van der Waals surface area contributed by atoms with Gasteiger partial charge in [-0.15, -0.1) is 0 Å². The molecule has 5 rings (SSSR count). The van der Waals surface area contributed by atoms with E-state index in [1.165, 1.54) is 4.90 Å². The summed E-state index contributed by atoms with van der Waals surface area (Å²) in [5.41, 5.74) is 2.92. The van der Waals surface area contributed by atoms with Gasteiger partial charge >= 0.3 is 6.09 Å². The third-order valence-electron chi connectivity index (χ3n) is 6.57. The number of ether oxygens (including phenoxy) is 2. The Morgan fingerprint density at radius 3 is 2.49 bits per heavy atom. The van der Waals surface area contributed by atoms with E-state index in [-0.39, 0.29) is 12.5 Å². The fourth-order valence-corrected chi connectivity index (χ4v) is 4.56. The molecule has 2 heterocycles. The SMILES string of the molecule is O=C(NCCCn1ccnc1)c1ccc(N2C(=O)O[C@H](CO)[C@H]2c2ccc(OCc3ccccc3)cc2)cc1. The predicted molar refractivity (Wildman–Crippen MR) is 145 cm³/mol. The van der Waals surface area contributed by atoms with Crippen molar-refractivity contribution in [2.75, 3.05) is 18.1 Å². The van der Waals surface area contributed by atoms with Crippen LogP contribution in [0.25, 0.3) is 0 Å². The first-order valence-electron chi connectivity index (χ1n) is 12.8. The number of aryl methyl sites for hydroxylation is 1. The molecule has 0 aliphatic carbocycles. The van der Waals surface area contributed by atoms with E-state index >= 15 is 0 Å². The zero-order valence-electron chi connectivity index (χ0n) is 21.3. The second-order valence-corrected chi connectivity index (χ2v) is 9.22. The number of carbonyl (C=O) groups excluding carboxylic acids is 2. The summed E-state index contributed by atoms with van der Waals surface area (Å²) in [5, 5.41) is 12.9. The number of benzene rings is 3. The van der Waals surface area contributed by atoms with Crippen molar-refractivity contribution in [1.29, 1.82) is 0 Å². The van der Waals surface area contributed by atoms with Crippen LogP contribution in [0.1, 0.15) is 33.9 Å². The number of aliphatic hydroxyl groups is 1. The van der Waals surface area contributed by atoms with Crippen LogP contribution in [-0.2, 0) is 17.9 Å². The first kappa shape index (κ1) is 26.0. The maximum atomic E-state index is 12.8. The number of nitrogens with one attached hydrogen (secondary N) is 1. The summed E-state index contributed by atoms with van der Waals surface area (Å²) in [6, 6.07) is 23.6. The van der Waals surface area contributed by atoms with E-state index in [2.05, 4.69) is 10.3 Å². The average Bonchev–Trinajstić information content (AvgIpc) is 3.62. The van der Waals surface area contributed by atoms with Gasteiger partial charge in [-0.25, -0.2) is 9.78 Å². The molecule has 2 atom stereocenters. The molecule has 1 aliphatic rings. The molecule has 2 N–H and O–H groups in total. The number of aliphatic hydroxyl groups excluding tert-OH is 1. The van der Waals surface area contributed by atoms with E-state index in [4.69, 9.17) is 9.47 Å². The molecule has 0 radical (unpaired) electrons. The fourth-order valence-electron chi connectivity index (χ4n) is 4.56. The van der Waals surface area contributed by atoms with Gasteiger partial charge in [-0.2, -0.15) is 0 Å². The van der Waals surface area contributed by atoms with Gasteiger partial charge in [0.1, 0.15) is 18.4 Å². The van der Waals surface area contributed by atoms with Crippen molar-refractivity contribution in [2.45, 2.75) is 31.7 Å². The molecule has 0 unspecified atom stereocenters. The Bertz CT molecular complexity index is 1360. The van der Waals surface area contributed by atoms with Gasteiger partial charge < -0.3 is 24.5 Å².